The third kappa shape index (κ3) is 2.27. The first-order chi connectivity index (χ1) is 9.64. The summed E-state index contributed by atoms with van der Waals surface area (Å²) in [5, 5.41) is 9.66. The van der Waals surface area contributed by atoms with Crippen molar-refractivity contribution in [1.82, 2.24) is 9.97 Å². The monoisotopic (exact) mass is 332 g/mol. The molecule has 0 unspecified atom stereocenters. The van der Waals surface area contributed by atoms with E-state index in [1.165, 1.54) is 5.56 Å². The number of halogens is 1. The Bertz CT molecular complexity index is 633. The molecule has 0 amide bonds. The molecule has 1 saturated carbocycles. The third-order valence-corrected chi connectivity index (χ3v) is 4.71. The number of aliphatic hydroxyl groups is 1. The van der Waals surface area contributed by atoms with Gasteiger partial charge in [-0.1, -0.05) is 28.4 Å². The van der Waals surface area contributed by atoms with Gasteiger partial charge in [0.15, 0.2) is 0 Å². The van der Waals surface area contributed by atoms with Crippen LogP contribution in [0.4, 0.5) is 0 Å². The summed E-state index contributed by atoms with van der Waals surface area (Å²) in [6.45, 7) is 2.21. The van der Waals surface area contributed by atoms with Crippen molar-refractivity contribution >= 4 is 15.9 Å². The van der Waals surface area contributed by atoms with Gasteiger partial charge in [-0.15, -0.1) is 0 Å². The molecule has 1 fully saturated rings. The first-order valence-electron chi connectivity index (χ1n) is 6.85. The van der Waals surface area contributed by atoms with E-state index in [0.29, 0.717) is 0 Å². The molecule has 0 aliphatic heterocycles. The van der Waals surface area contributed by atoms with Gasteiger partial charge in [-0.2, -0.15) is 0 Å². The van der Waals surface area contributed by atoms with E-state index < -0.39 is 0 Å². The van der Waals surface area contributed by atoms with Gasteiger partial charge in [0.1, 0.15) is 5.82 Å². The molecular weight excluding hydrogens is 316 g/mol. The molecule has 0 bridgehead atoms. The van der Waals surface area contributed by atoms with E-state index in [1.54, 1.807) is 6.20 Å². The van der Waals surface area contributed by atoms with E-state index in [9.17, 15) is 5.11 Å². The van der Waals surface area contributed by atoms with Crippen molar-refractivity contribution in [3.63, 3.8) is 0 Å². The van der Waals surface area contributed by atoms with Crippen LogP contribution < -0.4 is 0 Å². The van der Waals surface area contributed by atoms with Crippen LogP contribution in [0.25, 0.3) is 11.3 Å². The fourth-order valence-corrected chi connectivity index (χ4v) is 3.05. The number of nitrogens with zero attached hydrogens (tertiary/aromatic N) is 2. The second-order valence-electron chi connectivity index (χ2n) is 5.52. The molecular formula is C16H17BrN2O. The quantitative estimate of drug-likeness (QED) is 0.933. The van der Waals surface area contributed by atoms with Crippen LogP contribution in [-0.2, 0) is 5.41 Å². The zero-order valence-electron chi connectivity index (χ0n) is 11.4. The molecule has 0 radical (unpaired) electrons. The summed E-state index contributed by atoms with van der Waals surface area (Å²) in [4.78, 5) is 9.12. The van der Waals surface area contributed by atoms with Crippen molar-refractivity contribution in [3.05, 3.63) is 46.3 Å². The first kappa shape index (κ1) is 13.7. The lowest BCUT2D eigenvalue weighted by Crippen LogP contribution is -2.39. The van der Waals surface area contributed by atoms with E-state index in [-0.39, 0.29) is 12.0 Å². The molecule has 1 aromatic heterocycles. The molecule has 0 atom stereocenters. The fourth-order valence-electron chi connectivity index (χ4n) is 2.69. The van der Waals surface area contributed by atoms with Crippen LogP contribution in [0, 0.1) is 6.92 Å². The summed E-state index contributed by atoms with van der Waals surface area (Å²) >= 11 is 3.51. The minimum Gasteiger partial charge on any atom is -0.395 e. The van der Waals surface area contributed by atoms with Gasteiger partial charge < -0.3 is 5.11 Å². The Kier molecular flexibility index (Phi) is 3.61. The average Bonchev–Trinajstić information content (AvgIpc) is 2.41. The fraction of sp³-hybridized carbons (Fsp3) is 0.375. The maximum Gasteiger partial charge on any atom is 0.137 e. The Labute approximate surface area is 127 Å². The zero-order chi connectivity index (χ0) is 14.2. The van der Waals surface area contributed by atoms with Gasteiger partial charge in [0, 0.05) is 16.2 Å². The summed E-state index contributed by atoms with van der Waals surface area (Å²) in [6.07, 6.45) is 4.90. The van der Waals surface area contributed by atoms with Crippen molar-refractivity contribution in [2.24, 2.45) is 0 Å². The van der Waals surface area contributed by atoms with E-state index in [4.69, 9.17) is 4.98 Å². The highest BCUT2D eigenvalue weighted by molar-refractivity contribution is 9.10. The SMILES string of the molecule is Cc1ccc(Br)cc1-c1ccnc(C2(CO)CCC2)n1. The van der Waals surface area contributed by atoms with Gasteiger partial charge in [0.25, 0.3) is 0 Å². The minimum atomic E-state index is -0.212. The largest absolute Gasteiger partial charge is 0.395 e. The molecule has 2 aromatic rings. The Morgan fingerprint density at radius 3 is 2.75 bits per heavy atom. The highest BCUT2D eigenvalue weighted by atomic mass is 79.9. The average molecular weight is 333 g/mol. The Balaban J connectivity index is 2.05. The van der Waals surface area contributed by atoms with Crippen LogP contribution in [0.2, 0.25) is 0 Å². The molecule has 1 aliphatic rings. The minimum absolute atomic E-state index is 0.133. The molecule has 1 aliphatic carbocycles. The smallest absolute Gasteiger partial charge is 0.137 e. The maximum atomic E-state index is 9.66. The van der Waals surface area contributed by atoms with Gasteiger partial charge >= 0.3 is 0 Å². The van der Waals surface area contributed by atoms with Gasteiger partial charge in [0.2, 0.25) is 0 Å². The third-order valence-electron chi connectivity index (χ3n) is 4.22. The number of rotatable bonds is 3. The molecule has 1 aromatic carbocycles. The lowest BCUT2D eigenvalue weighted by Gasteiger charge is -2.38. The predicted octanol–water partition coefficient (Wildman–Crippen LogP) is 3.63. The summed E-state index contributed by atoms with van der Waals surface area (Å²) < 4.78 is 1.04. The number of aromatic nitrogens is 2. The molecule has 104 valence electrons. The van der Waals surface area contributed by atoms with E-state index in [2.05, 4.69) is 40.0 Å². The molecule has 0 spiro atoms. The number of hydrogen-bond donors (Lipinski definition) is 1. The molecule has 0 saturated heterocycles. The van der Waals surface area contributed by atoms with Crippen LogP contribution in [0.3, 0.4) is 0 Å². The maximum absolute atomic E-state index is 9.66. The van der Waals surface area contributed by atoms with Crippen LogP contribution in [0.1, 0.15) is 30.7 Å². The van der Waals surface area contributed by atoms with Gasteiger partial charge in [-0.05, 0) is 43.5 Å². The number of hydrogen-bond acceptors (Lipinski definition) is 3. The second-order valence-corrected chi connectivity index (χ2v) is 6.43. The highest BCUT2D eigenvalue weighted by Crippen LogP contribution is 2.42. The van der Waals surface area contributed by atoms with Crippen molar-refractivity contribution in [2.75, 3.05) is 6.61 Å². The van der Waals surface area contributed by atoms with Crippen molar-refractivity contribution in [3.8, 4) is 11.3 Å². The molecule has 1 N–H and O–H groups in total. The lowest BCUT2D eigenvalue weighted by molar-refractivity contribution is 0.112. The summed E-state index contributed by atoms with van der Waals surface area (Å²) in [5.74, 6) is 0.781. The van der Waals surface area contributed by atoms with E-state index in [1.807, 2.05) is 12.1 Å². The Hall–Kier alpha value is -1.26. The van der Waals surface area contributed by atoms with Crippen LogP contribution in [0.15, 0.2) is 34.9 Å². The molecule has 4 heteroatoms. The van der Waals surface area contributed by atoms with Gasteiger partial charge in [-0.3, -0.25) is 0 Å². The van der Waals surface area contributed by atoms with Crippen LogP contribution in [0.5, 0.6) is 0 Å². The first-order valence-corrected chi connectivity index (χ1v) is 7.65. The Morgan fingerprint density at radius 2 is 2.10 bits per heavy atom. The van der Waals surface area contributed by atoms with Crippen LogP contribution in [-0.4, -0.2) is 21.7 Å². The second kappa shape index (κ2) is 5.26. The number of benzene rings is 1. The van der Waals surface area contributed by atoms with Crippen LogP contribution >= 0.6 is 15.9 Å². The zero-order valence-corrected chi connectivity index (χ0v) is 13.0. The predicted molar refractivity (Wildman–Crippen MR) is 82.5 cm³/mol. The normalized spacial score (nSPS) is 16.8. The van der Waals surface area contributed by atoms with Crippen molar-refractivity contribution < 1.29 is 5.11 Å². The van der Waals surface area contributed by atoms with E-state index >= 15 is 0 Å². The molecule has 3 rings (SSSR count). The topological polar surface area (TPSA) is 46.0 Å². The lowest BCUT2D eigenvalue weighted by atomic mass is 9.68. The van der Waals surface area contributed by atoms with Gasteiger partial charge in [-0.25, -0.2) is 9.97 Å². The van der Waals surface area contributed by atoms with E-state index in [0.717, 1.165) is 40.8 Å². The number of aliphatic hydroxyl groups excluding tert-OH is 1. The van der Waals surface area contributed by atoms with Gasteiger partial charge in [0.05, 0.1) is 17.7 Å². The highest BCUT2D eigenvalue weighted by Gasteiger charge is 2.40. The summed E-state index contributed by atoms with van der Waals surface area (Å²) in [7, 11) is 0. The molecule has 1 heterocycles. The van der Waals surface area contributed by atoms with Crippen molar-refractivity contribution in [1.29, 1.82) is 0 Å². The Morgan fingerprint density at radius 1 is 1.30 bits per heavy atom. The number of aryl methyl sites for hydroxylation is 1. The standard InChI is InChI=1S/C16H17BrN2O/c1-11-3-4-12(17)9-13(11)14-5-8-18-15(19-14)16(10-20)6-2-7-16/h3-5,8-9,20H,2,6-7,10H2,1H3. The molecule has 20 heavy (non-hydrogen) atoms. The molecule has 3 nitrogen and oxygen atoms in total. The van der Waals surface area contributed by atoms with Crippen molar-refractivity contribution in [2.45, 2.75) is 31.6 Å². The summed E-state index contributed by atoms with van der Waals surface area (Å²) in [5.41, 5.74) is 3.00. The summed E-state index contributed by atoms with van der Waals surface area (Å²) in [6, 6.07) is 8.12.